The third-order valence-electron chi connectivity index (χ3n) is 7.93. The van der Waals surface area contributed by atoms with Gasteiger partial charge in [-0.3, -0.25) is 9.78 Å². The summed E-state index contributed by atoms with van der Waals surface area (Å²) < 4.78 is 14.3. The lowest BCUT2D eigenvalue weighted by Crippen LogP contribution is -2.28. The molecule has 0 saturated carbocycles. The molecule has 7 aromatic rings. The van der Waals surface area contributed by atoms with E-state index in [0.29, 0.717) is 40.8 Å². The Labute approximate surface area is 279 Å². The summed E-state index contributed by atoms with van der Waals surface area (Å²) in [7, 11) is 1.94. The van der Waals surface area contributed by atoms with Crippen LogP contribution in [-0.4, -0.2) is 25.7 Å². The molecule has 0 bridgehead atoms. The van der Waals surface area contributed by atoms with Gasteiger partial charge in [0, 0.05) is 31.5 Å². The summed E-state index contributed by atoms with van der Waals surface area (Å²) in [5.74, 6) is 2.63. The number of nitrogens with one attached hydrogen (secondary N) is 3. The number of nitrogens with zero attached hydrogens (tertiary/aromatic N) is 2. The molecule has 48 heavy (non-hydrogen) atoms. The summed E-state index contributed by atoms with van der Waals surface area (Å²) in [6.07, 6.45) is 0.453. The molecule has 0 aliphatic rings. The zero-order valence-electron chi connectivity index (χ0n) is 25.9. The van der Waals surface area contributed by atoms with Crippen molar-refractivity contribution in [3.05, 3.63) is 141 Å². The summed E-state index contributed by atoms with van der Waals surface area (Å²) >= 11 is 1.00. The number of H-pyrrole nitrogens is 1. The highest BCUT2D eigenvalue weighted by Gasteiger charge is 2.13. The van der Waals surface area contributed by atoms with Crippen molar-refractivity contribution >= 4 is 44.9 Å². The van der Waals surface area contributed by atoms with E-state index in [1.165, 1.54) is 0 Å². The zero-order valence-corrected chi connectivity index (χ0v) is 26.7. The van der Waals surface area contributed by atoms with Gasteiger partial charge in [-0.05, 0) is 59.0 Å². The standard InChI is InChI=1S/C37H31N5O5S/c1-42-32-20-28(16-17-31(32)39-34(42)22-46-26-13-10-23(11-14-26)18-33-35(43)41-37(45)48-33)47-27-15-12-25-8-5-9-30(29(25)19-27)40-36(44)38-21-24-6-3-2-4-7-24/h2-17,19-20,43H,18,21-22H2,1H3,(H,41,45)(H2,38,40,44). The number of aromatic nitrogens is 3. The molecule has 2 amide bonds. The van der Waals surface area contributed by atoms with Crippen LogP contribution in [-0.2, 0) is 26.6 Å². The molecule has 0 saturated heterocycles. The molecule has 10 nitrogen and oxygen atoms in total. The Morgan fingerprint density at radius 3 is 2.46 bits per heavy atom. The van der Waals surface area contributed by atoms with E-state index in [1.54, 1.807) is 0 Å². The molecule has 7 rings (SSSR count). The first-order valence-electron chi connectivity index (χ1n) is 15.3. The molecule has 240 valence electrons. The fourth-order valence-corrected chi connectivity index (χ4v) is 6.18. The van der Waals surface area contributed by atoms with E-state index < -0.39 is 0 Å². The molecule has 2 aromatic heterocycles. The number of ether oxygens (including phenoxy) is 2. The van der Waals surface area contributed by atoms with Crippen molar-refractivity contribution in [1.29, 1.82) is 0 Å². The molecule has 11 heteroatoms. The second-order valence-corrected chi connectivity index (χ2v) is 12.3. The van der Waals surface area contributed by atoms with Crippen molar-refractivity contribution in [2.75, 3.05) is 5.32 Å². The minimum Gasteiger partial charge on any atom is -0.494 e. The Morgan fingerprint density at radius 1 is 0.896 bits per heavy atom. The van der Waals surface area contributed by atoms with Crippen LogP contribution in [0.4, 0.5) is 10.5 Å². The minimum atomic E-state index is -0.287. The fourth-order valence-electron chi connectivity index (χ4n) is 5.43. The van der Waals surface area contributed by atoms with Gasteiger partial charge in [0.15, 0.2) is 0 Å². The third-order valence-corrected chi connectivity index (χ3v) is 8.81. The minimum absolute atomic E-state index is 0.0828. The number of rotatable bonds is 10. The van der Waals surface area contributed by atoms with Crippen molar-refractivity contribution in [2.45, 2.75) is 19.6 Å². The number of fused-ring (bicyclic) bond motifs is 2. The molecule has 5 aromatic carbocycles. The van der Waals surface area contributed by atoms with Gasteiger partial charge in [0.25, 0.3) is 0 Å². The van der Waals surface area contributed by atoms with Crippen molar-refractivity contribution in [3.8, 4) is 23.1 Å². The molecule has 0 unspecified atom stereocenters. The number of amides is 2. The quantitative estimate of drug-likeness (QED) is 0.121. The summed E-state index contributed by atoms with van der Waals surface area (Å²) in [5, 5.41) is 17.6. The van der Waals surface area contributed by atoms with Crippen LogP contribution in [0.5, 0.6) is 23.1 Å². The number of thiazole rings is 1. The first-order valence-corrected chi connectivity index (χ1v) is 16.1. The lowest BCUT2D eigenvalue weighted by molar-refractivity contribution is 0.252. The van der Waals surface area contributed by atoms with E-state index in [-0.39, 0.29) is 23.4 Å². The van der Waals surface area contributed by atoms with Crippen molar-refractivity contribution < 1.29 is 19.4 Å². The van der Waals surface area contributed by atoms with Crippen LogP contribution in [0.1, 0.15) is 21.8 Å². The van der Waals surface area contributed by atoms with Gasteiger partial charge >= 0.3 is 10.9 Å². The van der Waals surface area contributed by atoms with Gasteiger partial charge in [-0.2, -0.15) is 0 Å². The predicted molar refractivity (Wildman–Crippen MR) is 187 cm³/mol. The third kappa shape index (κ3) is 6.86. The highest BCUT2D eigenvalue weighted by molar-refractivity contribution is 7.09. The number of anilines is 1. The normalized spacial score (nSPS) is 11.1. The van der Waals surface area contributed by atoms with Crippen LogP contribution >= 0.6 is 11.3 Å². The Hall–Kier alpha value is -6.07. The van der Waals surface area contributed by atoms with E-state index >= 15 is 0 Å². The smallest absolute Gasteiger partial charge is 0.319 e. The number of benzene rings is 5. The van der Waals surface area contributed by atoms with Crippen molar-refractivity contribution in [1.82, 2.24) is 19.9 Å². The van der Waals surface area contributed by atoms with Crippen LogP contribution in [0.2, 0.25) is 0 Å². The van der Waals surface area contributed by atoms with E-state index in [9.17, 15) is 14.7 Å². The van der Waals surface area contributed by atoms with Crippen LogP contribution in [0.15, 0.2) is 114 Å². The topological polar surface area (TPSA) is 130 Å². The maximum Gasteiger partial charge on any atom is 0.319 e. The summed E-state index contributed by atoms with van der Waals surface area (Å²) in [6, 6.07) is 34.3. The Bertz CT molecular complexity index is 2290. The number of aromatic hydroxyl groups is 1. The van der Waals surface area contributed by atoms with Gasteiger partial charge in [0.05, 0.1) is 21.6 Å². The molecule has 0 aliphatic heterocycles. The number of carbonyl (C=O) groups is 1. The van der Waals surface area contributed by atoms with Crippen LogP contribution < -0.4 is 25.0 Å². The molecule has 0 fully saturated rings. The SMILES string of the molecule is Cn1c(COc2ccc(Cc3sc(=O)[nH]c3O)cc2)nc2ccc(Oc3ccc4cccc(NC(=O)NCc5ccccc5)c4c3)cc21. The first kappa shape index (κ1) is 30.6. The summed E-state index contributed by atoms with van der Waals surface area (Å²) in [6.45, 7) is 0.692. The van der Waals surface area contributed by atoms with Gasteiger partial charge in [0.2, 0.25) is 5.88 Å². The number of hydrogen-bond acceptors (Lipinski definition) is 7. The summed E-state index contributed by atoms with van der Waals surface area (Å²) in [5.41, 5.74) is 4.36. The monoisotopic (exact) mass is 657 g/mol. The van der Waals surface area contributed by atoms with Gasteiger partial charge in [0.1, 0.15) is 29.7 Å². The molecule has 0 spiro atoms. The maximum atomic E-state index is 12.7. The van der Waals surface area contributed by atoms with E-state index in [2.05, 4.69) is 15.6 Å². The average Bonchev–Trinajstić information content (AvgIpc) is 3.59. The average molecular weight is 658 g/mol. The van der Waals surface area contributed by atoms with E-state index in [0.717, 1.165) is 50.1 Å². The van der Waals surface area contributed by atoms with Crippen LogP contribution in [0.3, 0.4) is 0 Å². The lowest BCUT2D eigenvalue weighted by atomic mass is 10.1. The molecule has 4 N–H and O–H groups in total. The number of carbonyl (C=O) groups excluding carboxylic acids is 1. The van der Waals surface area contributed by atoms with Gasteiger partial charge in [-0.15, -0.1) is 0 Å². The molecular formula is C37H31N5O5S. The van der Waals surface area contributed by atoms with E-state index in [1.807, 2.05) is 121 Å². The summed E-state index contributed by atoms with van der Waals surface area (Å²) in [4.78, 5) is 31.6. The first-order chi connectivity index (χ1) is 23.4. The van der Waals surface area contributed by atoms with Gasteiger partial charge in [-0.1, -0.05) is 72.0 Å². The van der Waals surface area contributed by atoms with Crippen molar-refractivity contribution in [3.63, 3.8) is 0 Å². The Kier molecular flexibility index (Phi) is 8.50. The van der Waals surface area contributed by atoms with Crippen LogP contribution in [0.25, 0.3) is 21.8 Å². The second kappa shape index (κ2) is 13.3. The zero-order chi connectivity index (χ0) is 33.0. The Morgan fingerprint density at radius 2 is 1.67 bits per heavy atom. The van der Waals surface area contributed by atoms with Gasteiger partial charge < -0.3 is 29.8 Å². The molecule has 0 aliphatic carbocycles. The molecule has 0 radical (unpaired) electrons. The van der Waals surface area contributed by atoms with E-state index in [4.69, 9.17) is 14.5 Å². The van der Waals surface area contributed by atoms with Crippen LogP contribution in [0, 0.1) is 0 Å². The second-order valence-electron chi connectivity index (χ2n) is 11.2. The predicted octanol–water partition coefficient (Wildman–Crippen LogP) is 7.47. The number of aryl methyl sites for hydroxylation is 1. The maximum absolute atomic E-state index is 12.7. The largest absolute Gasteiger partial charge is 0.494 e. The highest BCUT2D eigenvalue weighted by Crippen LogP contribution is 2.32. The highest BCUT2D eigenvalue weighted by atomic mass is 32.1. The fraction of sp³-hybridized carbons (Fsp3) is 0.108. The number of imidazole rings is 1. The Balaban J connectivity index is 1.01. The lowest BCUT2D eigenvalue weighted by Gasteiger charge is -2.12. The van der Waals surface area contributed by atoms with Gasteiger partial charge in [-0.25, -0.2) is 9.78 Å². The number of urea groups is 1. The molecule has 0 atom stereocenters. The number of aromatic amines is 1. The molecule has 2 heterocycles. The van der Waals surface area contributed by atoms with Crippen molar-refractivity contribution in [2.24, 2.45) is 7.05 Å². The number of hydrogen-bond donors (Lipinski definition) is 4. The molecular weight excluding hydrogens is 627 g/mol.